The zero-order chi connectivity index (χ0) is 16.1. The number of aryl methyl sites for hydroxylation is 1. The van der Waals surface area contributed by atoms with Crippen molar-refractivity contribution in [1.82, 2.24) is 15.2 Å². The summed E-state index contributed by atoms with van der Waals surface area (Å²) < 4.78 is 2.12. The molecule has 3 rings (SSSR count). The number of benzene rings is 1. The molecule has 130 valence electrons. The quantitative estimate of drug-likeness (QED) is 0.438. The number of nitrogens with one attached hydrogen (secondary N) is 2. The molecule has 1 aliphatic rings. The Balaban J connectivity index is 0.00000208. The van der Waals surface area contributed by atoms with Crippen molar-refractivity contribution >= 4 is 35.6 Å². The lowest BCUT2D eigenvalue weighted by atomic mass is 10.3. The average molecular weight is 439 g/mol. The molecule has 0 radical (unpaired) electrons. The molecular weight excluding hydrogens is 413 g/mol. The van der Waals surface area contributed by atoms with E-state index in [1.807, 2.05) is 7.05 Å². The largest absolute Gasteiger partial charge is 0.369 e. The molecular formula is C18H26IN5. The molecule has 1 aliphatic heterocycles. The third-order valence-electron chi connectivity index (χ3n) is 4.36. The van der Waals surface area contributed by atoms with Gasteiger partial charge in [-0.2, -0.15) is 0 Å². The van der Waals surface area contributed by atoms with Gasteiger partial charge in [-0.1, -0.05) is 18.2 Å². The second-order valence-corrected chi connectivity index (χ2v) is 5.95. The molecule has 5 nitrogen and oxygen atoms in total. The van der Waals surface area contributed by atoms with Crippen molar-refractivity contribution in [2.75, 3.05) is 25.0 Å². The van der Waals surface area contributed by atoms with E-state index in [2.05, 4.69) is 80.8 Å². The van der Waals surface area contributed by atoms with Crippen LogP contribution < -0.4 is 15.5 Å². The molecule has 1 aromatic heterocycles. The molecule has 1 fully saturated rings. The second kappa shape index (κ2) is 8.96. The van der Waals surface area contributed by atoms with E-state index < -0.39 is 0 Å². The van der Waals surface area contributed by atoms with Crippen molar-refractivity contribution in [2.45, 2.75) is 19.0 Å². The van der Waals surface area contributed by atoms with Crippen LogP contribution >= 0.6 is 24.0 Å². The number of halogens is 1. The molecule has 6 heteroatoms. The van der Waals surface area contributed by atoms with Crippen LogP contribution in [0.4, 0.5) is 5.69 Å². The number of guanidine groups is 1. The highest BCUT2D eigenvalue weighted by atomic mass is 127. The maximum Gasteiger partial charge on any atom is 0.191 e. The predicted molar refractivity (Wildman–Crippen MR) is 111 cm³/mol. The van der Waals surface area contributed by atoms with E-state index in [9.17, 15) is 0 Å². The summed E-state index contributed by atoms with van der Waals surface area (Å²) in [6.07, 6.45) is 3.18. The minimum absolute atomic E-state index is 0. The van der Waals surface area contributed by atoms with Crippen LogP contribution in [0.2, 0.25) is 0 Å². The summed E-state index contributed by atoms with van der Waals surface area (Å²) in [6, 6.07) is 15.2. The van der Waals surface area contributed by atoms with Gasteiger partial charge in [0.25, 0.3) is 0 Å². The van der Waals surface area contributed by atoms with Crippen molar-refractivity contribution in [3.63, 3.8) is 0 Å². The van der Waals surface area contributed by atoms with Gasteiger partial charge in [0, 0.05) is 50.8 Å². The van der Waals surface area contributed by atoms with Gasteiger partial charge in [-0.3, -0.25) is 4.99 Å². The number of hydrogen-bond acceptors (Lipinski definition) is 2. The average Bonchev–Trinajstić information content (AvgIpc) is 3.21. The van der Waals surface area contributed by atoms with Gasteiger partial charge < -0.3 is 20.1 Å². The van der Waals surface area contributed by atoms with Gasteiger partial charge in [-0.05, 0) is 30.7 Å². The maximum absolute atomic E-state index is 4.35. The molecule has 0 amide bonds. The molecule has 0 bridgehead atoms. The van der Waals surface area contributed by atoms with Gasteiger partial charge in [-0.15, -0.1) is 24.0 Å². The van der Waals surface area contributed by atoms with E-state index >= 15 is 0 Å². The molecule has 0 aliphatic carbocycles. The summed E-state index contributed by atoms with van der Waals surface area (Å²) in [5.74, 6) is 0.867. The highest BCUT2D eigenvalue weighted by molar-refractivity contribution is 14.0. The fourth-order valence-corrected chi connectivity index (χ4v) is 2.99. The minimum Gasteiger partial charge on any atom is -0.369 e. The van der Waals surface area contributed by atoms with Crippen LogP contribution in [0.3, 0.4) is 0 Å². The summed E-state index contributed by atoms with van der Waals surface area (Å²) in [4.78, 5) is 6.76. The lowest BCUT2D eigenvalue weighted by molar-refractivity contribution is 0.644. The molecule has 1 unspecified atom stereocenters. The molecule has 0 spiro atoms. The van der Waals surface area contributed by atoms with Gasteiger partial charge >= 0.3 is 0 Å². The Morgan fingerprint density at radius 3 is 2.67 bits per heavy atom. The third kappa shape index (κ3) is 4.66. The first kappa shape index (κ1) is 18.6. The highest BCUT2D eigenvalue weighted by Gasteiger charge is 2.23. The zero-order valence-corrected chi connectivity index (χ0v) is 16.6. The van der Waals surface area contributed by atoms with Crippen molar-refractivity contribution in [1.29, 1.82) is 0 Å². The Morgan fingerprint density at radius 2 is 2.00 bits per heavy atom. The Morgan fingerprint density at radius 1 is 1.21 bits per heavy atom. The predicted octanol–water partition coefficient (Wildman–Crippen LogP) is 2.59. The highest BCUT2D eigenvalue weighted by Crippen LogP contribution is 2.19. The fraction of sp³-hybridized carbons (Fsp3) is 0.389. The molecule has 2 aromatic rings. The van der Waals surface area contributed by atoms with Crippen LogP contribution in [0.25, 0.3) is 0 Å². The number of aliphatic imine (C=N–C) groups is 1. The summed E-state index contributed by atoms with van der Waals surface area (Å²) in [6.45, 7) is 2.86. The van der Waals surface area contributed by atoms with Gasteiger partial charge in [0.2, 0.25) is 0 Å². The lowest BCUT2D eigenvalue weighted by Crippen LogP contribution is -2.44. The van der Waals surface area contributed by atoms with Crippen LogP contribution in [0.1, 0.15) is 12.1 Å². The number of anilines is 1. The van der Waals surface area contributed by atoms with Crippen molar-refractivity contribution in [3.05, 3.63) is 54.4 Å². The standard InChI is InChI=1S/C18H25N5.HI/c1-19-18(20-13-17-9-6-11-22(17)2)21-15-10-12-23(14-15)16-7-4-3-5-8-16;/h3-9,11,15H,10,12-14H2,1-2H3,(H2,19,20,21);1H. The lowest BCUT2D eigenvalue weighted by Gasteiger charge is -2.20. The zero-order valence-electron chi connectivity index (χ0n) is 14.3. The maximum atomic E-state index is 4.35. The van der Waals surface area contributed by atoms with Gasteiger partial charge in [0.15, 0.2) is 5.96 Å². The van der Waals surface area contributed by atoms with E-state index in [4.69, 9.17) is 0 Å². The van der Waals surface area contributed by atoms with Crippen LogP contribution in [0.5, 0.6) is 0 Å². The first-order valence-electron chi connectivity index (χ1n) is 8.13. The van der Waals surface area contributed by atoms with Crippen molar-refractivity contribution in [2.24, 2.45) is 12.0 Å². The fourth-order valence-electron chi connectivity index (χ4n) is 2.99. The van der Waals surface area contributed by atoms with Crippen LogP contribution in [-0.4, -0.2) is 36.7 Å². The number of hydrogen-bond donors (Lipinski definition) is 2. The smallest absolute Gasteiger partial charge is 0.191 e. The molecule has 1 saturated heterocycles. The number of aromatic nitrogens is 1. The van der Waals surface area contributed by atoms with E-state index in [0.717, 1.165) is 32.0 Å². The summed E-state index contributed by atoms with van der Waals surface area (Å²) in [5, 5.41) is 6.93. The molecule has 2 N–H and O–H groups in total. The summed E-state index contributed by atoms with van der Waals surface area (Å²) in [7, 11) is 3.88. The SMILES string of the molecule is CN=C(NCc1cccn1C)NC1CCN(c2ccccc2)C1.I. The summed E-state index contributed by atoms with van der Waals surface area (Å²) >= 11 is 0. The minimum atomic E-state index is 0. The van der Waals surface area contributed by atoms with E-state index in [-0.39, 0.29) is 24.0 Å². The Labute approximate surface area is 161 Å². The van der Waals surface area contributed by atoms with Gasteiger partial charge in [0.05, 0.1) is 6.54 Å². The van der Waals surface area contributed by atoms with Crippen molar-refractivity contribution in [3.8, 4) is 0 Å². The summed E-state index contributed by atoms with van der Waals surface area (Å²) in [5.41, 5.74) is 2.54. The van der Waals surface area contributed by atoms with Crippen LogP contribution in [0.15, 0.2) is 53.7 Å². The normalized spacial score (nSPS) is 17.5. The molecule has 1 atom stereocenters. The third-order valence-corrected chi connectivity index (χ3v) is 4.36. The molecule has 24 heavy (non-hydrogen) atoms. The Bertz CT molecular complexity index is 652. The molecule has 2 heterocycles. The van der Waals surface area contributed by atoms with E-state index in [1.165, 1.54) is 11.4 Å². The number of nitrogens with zero attached hydrogens (tertiary/aromatic N) is 3. The van der Waals surface area contributed by atoms with Crippen molar-refractivity contribution < 1.29 is 0 Å². The number of para-hydroxylation sites is 1. The monoisotopic (exact) mass is 439 g/mol. The topological polar surface area (TPSA) is 44.6 Å². The number of rotatable bonds is 4. The Kier molecular flexibility index (Phi) is 6.96. The first-order chi connectivity index (χ1) is 11.3. The molecule has 0 saturated carbocycles. The van der Waals surface area contributed by atoms with E-state index in [0.29, 0.717) is 6.04 Å². The van der Waals surface area contributed by atoms with Gasteiger partial charge in [0.1, 0.15) is 0 Å². The first-order valence-corrected chi connectivity index (χ1v) is 8.13. The van der Waals surface area contributed by atoms with Crippen LogP contribution in [-0.2, 0) is 13.6 Å². The van der Waals surface area contributed by atoms with Gasteiger partial charge in [-0.25, -0.2) is 0 Å². The molecule has 1 aromatic carbocycles. The van der Waals surface area contributed by atoms with E-state index in [1.54, 1.807) is 0 Å². The Hall–Kier alpha value is -1.70. The second-order valence-electron chi connectivity index (χ2n) is 5.95. The van der Waals surface area contributed by atoms with Crippen LogP contribution in [0, 0.1) is 0 Å².